The zero-order valence-corrected chi connectivity index (χ0v) is 11.8. The van der Waals surface area contributed by atoms with Gasteiger partial charge >= 0.3 is 5.97 Å². The molecule has 0 aliphatic heterocycles. The van der Waals surface area contributed by atoms with Gasteiger partial charge in [-0.25, -0.2) is 9.78 Å². The van der Waals surface area contributed by atoms with Crippen LogP contribution in [0.25, 0.3) is 0 Å². The Morgan fingerprint density at radius 1 is 1.42 bits per heavy atom. The van der Waals surface area contributed by atoms with Crippen LogP contribution in [0.5, 0.6) is 0 Å². The van der Waals surface area contributed by atoms with Gasteiger partial charge in [0.25, 0.3) is 0 Å². The molecule has 0 bridgehead atoms. The number of carbonyl (C=O) groups is 1. The Balaban J connectivity index is 2.12. The molecule has 1 aromatic heterocycles. The lowest BCUT2D eigenvalue weighted by Crippen LogP contribution is -1.98. The topological polar surface area (TPSA) is 50.2 Å². The zero-order chi connectivity index (χ0) is 13.8. The number of aromatic nitrogens is 1. The second-order valence-corrected chi connectivity index (χ2v) is 5.40. The Morgan fingerprint density at radius 3 is 2.84 bits per heavy atom. The molecule has 0 radical (unpaired) electrons. The summed E-state index contributed by atoms with van der Waals surface area (Å²) in [4.78, 5) is 15.1. The van der Waals surface area contributed by atoms with Crippen LogP contribution in [0, 0.1) is 6.92 Å². The third-order valence-electron chi connectivity index (χ3n) is 2.68. The molecule has 0 amide bonds. The van der Waals surface area contributed by atoms with Gasteiger partial charge in [-0.2, -0.15) is 0 Å². The number of hydrogen-bond donors (Lipinski definition) is 1. The van der Waals surface area contributed by atoms with Crippen molar-refractivity contribution in [2.45, 2.75) is 17.7 Å². The minimum atomic E-state index is -0.907. The molecule has 2 rings (SSSR count). The highest BCUT2D eigenvalue weighted by atomic mass is 35.5. The molecule has 0 atom stereocenters. The summed E-state index contributed by atoms with van der Waals surface area (Å²) in [6.45, 7) is 1.91. The predicted molar refractivity (Wildman–Crippen MR) is 76.9 cm³/mol. The van der Waals surface area contributed by atoms with Crippen molar-refractivity contribution < 1.29 is 9.90 Å². The zero-order valence-electron chi connectivity index (χ0n) is 10.3. The maximum Gasteiger partial charge on any atom is 0.335 e. The first-order valence-electron chi connectivity index (χ1n) is 5.64. The van der Waals surface area contributed by atoms with Crippen molar-refractivity contribution in [2.24, 2.45) is 0 Å². The van der Waals surface area contributed by atoms with Gasteiger partial charge in [0.1, 0.15) is 5.03 Å². The van der Waals surface area contributed by atoms with Crippen LogP contribution in [0.2, 0.25) is 5.02 Å². The molecule has 1 heterocycles. The van der Waals surface area contributed by atoms with Crippen molar-refractivity contribution in [3.05, 3.63) is 58.2 Å². The molecule has 0 saturated heterocycles. The highest BCUT2D eigenvalue weighted by molar-refractivity contribution is 7.98. The smallest absolute Gasteiger partial charge is 0.335 e. The normalized spacial score (nSPS) is 10.4. The number of carboxylic acids is 1. The van der Waals surface area contributed by atoms with Gasteiger partial charge in [-0.05, 0) is 42.3 Å². The molecule has 1 aromatic carbocycles. The minimum Gasteiger partial charge on any atom is -0.478 e. The fraction of sp³-hybridized carbons (Fsp3) is 0.143. The van der Waals surface area contributed by atoms with E-state index in [1.807, 2.05) is 13.0 Å². The lowest BCUT2D eigenvalue weighted by Gasteiger charge is -2.07. The van der Waals surface area contributed by atoms with Crippen LogP contribution >= 0.6 is 23.4 Å². The number of benzene rings is 1. The molecule has 0 aliphatic rings. The number of aryl methyl sites for hydroxylation is 1. The summed E-state index contributed by atoms with van der Waals surface area (Å²) in [5, 5.41) is 10.3. The van der Waals surface area contributed by atoms with Gasteiger partial charge in [-0.3, -0.25) is 0 Å². The van der Waals surface area contributed by atoms with E-state index in [1.165, 1.54) is 11.8 Å². The average Bonchev–Trinajstić information content (AvgIpc) is 2.39. The molecule has 0 aliphatic carbocycles. The first-order valence-corrected chi connectivity index (χ1v) is 7.00. The molecule has 0 unspecified atom stereocenters. The monoisotopic (exact) mass is 293 g/mol. The van der Waals surface area contributed by atoms with E-state index in [2.05, 4.69) is 4.98 Å². The number of hydrogen-bond acceptors (Lipinski definition) is 3. The van der Waals surface area contributed by atoms with Crippen LogP contribution in [0.15, 0.2) is 41.6 Å². The van der Waals surface area contributed by atoms with Gasteiger partial charge in [0.05, 0.1) is 10.6 Å². The van der Waals surface area contributed by atoms with E-state index in [-0.39, 0.29) is 0 Å². The number of carboxylic acid groups (broad SMARTS) is 1. The molecule has 0 fully saturated rings. The first kappa shape index (κ1) is 13.9. The number of pyridine rings is 1. The Morgan fingerprint density at radius 2 is 2.21 bits per heavy atom. The molecular formula is C14H12ClNO2S. The van der Waals surface area contributed by atoms with Gasteiger partial charge in [0.15, 0.2) is 0 Å². The van der Waals surface area contributed by atoms with E-state index in [0.29, 0.717) is 16.3 Å². The SMILES string of the molecule is Cc1cc(C(=O)O)ccc1CSc1ncccc1Cl. The molecule has 1 N–H and O–H groups in total. The summed E-state index contributed by atoms with van der Waals surface area (Å²) in [5.74, 6) is -0.197. The standard InChI is InChI=1S/C14H12ClNO2S/c1-9-7-10(14(17)18)4-5-11(9)8-19-13-12(15)3-2-6-16-13/h2-7H,8H2,1H3,(H,17,18). The Hall–Kier alpha value is -1.52. The van der Waals surface area contributed by atoms with Crippen molar-refractivity contribution in [3.8, 4) is 0 Å². The van der Waals surface area contributed by atoms with Gasteiger partial charge in [0, 0.05) is 11.9 Å². The fourth-order valence-corrected chi connectivity index (χ4v) is 2.86. The molecular weight excluding hydrogens is 282 g/mol. The van der Waals surface area contributed by atoms with Crippen molar-refractivity contribution in [3.63, 3.8) is 0 Å². The molecule has 0 saturated carbocycles. The van der Waals surface area contributed by atoms with Crippen LogP contribution in [0.4, 0.5) is 0 Å². The van der Waals surface area contributed by atoms with Crippen LogP contribution in [-0.4, -0.2) is 16.1 Å². The van der Waals surface area contributed by atoms with Crippen LogP contribution in [-0.2, 0) is 5.75 Å². The summed E-state index contributed by atoms with van der Waals surface area (Å²) in [6, 6.07) is 8.72. The van der Waals surface area contributed by atoms with E-state index in [0.717, 1.165) is 16.2 Å². The molecule has 0 spiro atoms. The van der Waals surface area contributed by atoms with Gasteiger partial charge in [-0.1, -0.05) is 17.7 Å². The highest BCUT2D eigenvalue weighted by Crippen LogP contribution is 2.28. The van der Waals surface area contributed by atoms with Crippen LogP contribution < -0.4 is 0 Å². The van der Waals surface area contributed by atoms with Gasteiger partial charge in [-0.15, -0.1) is 11.8 Å². The number of thioether (sulfide) groups is 1. The number of aromatic carboxylic acids is 1. The first-order chi connectivity index (χ1) is 9.08. The summed E-state index contributed by atoms with van der Waals surface area (Å²) in [6.07, 6.45) is 1.70. The summed E-state index contributed by atoms with van der Waals surface area (Å²) < 4.78 is 0. The molecule has 98 valence electrons. The molecule has 3 nitrogen and oxygen atoms in total. The largest absolute Gasteiger partial charge is 0.478 e. The summed E-state index contributed by atoms with van der Waals surface area (Å²) in [7, 11) is 0. The number of rotatable bonds is 4. The molecule has 2 aromatic rings. The highest BCUT2D eigenvalue weighted by Gasteiger charge is 2.07. The number of nitrogens with zero attached hydrogens (tertiary/aromatic N) is 1. The van der Waals surface area contributed by atoms with Gasteiger partial charge < -0.3 is 5.11 Å². The molecule has 19 heavy (non-hydrogen) atoms. The van der Waals surface area contributed by atoms with E-state index in [1.54, 1.807) is 30.5 Å². The van der Waals surface area contributed by atoms with Crippen molar-refractivity contribution >= 4 is 29.3 Å². The second kappa shape index (κ2) is 6.08. The van der Waals surface area contributed by atoms with E-state index in [9.17, 15) is 4.79 Å². The summed E-state index contributed by atoms with van der Waals surface area (Å²) >= 11 is 7.57. The van der Waals surface area contributed by atoms with E-state index in [4.69, 9.17) is 16.7 Å². The van der Waals surface area contributed by atoms with E-state index < -0.39 is 5.97 Å². The quantitative estimate of drug-likeness (QED) is 0.865. The Labute approximate surface area is 120 Å². The lowest BCUT2D eigenvalue weighted by molar-refractivity contribution is 0.0697. The summed E-state index contributed by atoms with van der Waals surface area (Å²) in [5.41, 5.74) is 2.35. The predicted octanol–water partition coefficient (Wildman–Crippen LogP) is 4.03. The average molecular weight is 294 g/mol. The van der Waals surface area contributed by atoms with Crippen molar-refractivity contribution in [1.29, 1.82) is 0 Å². The second-order valence-electron chi connectivity index (χ2n) is 4.03. The lowest BCUT2D eigenvalue weighted by atomic mass is 10.1. The maximum atomic E-state index is 10.9. The third kappa shape index (κ3) is 3.49. The van der Waals surface area contributed by atoms with Gasteiger partial charge in [0.2, 0.25) is 0 Å². The Bertz CT molecular complexity index is 616. The molecule has 5 heteroatoms. The number of halogens is 1. The van der Waals surface area contributed by atoms with Crippen molar-refractivity contribution in [1.82, 2.24) is 4.98 Å². The third-order valence-corrected chi connectivity index (χ3v) is 4.15. The van der Waals surface area contributed by atoms with Crippen molar-refractivity contribution in [2.75, 3.05) is 0 Å². The minimum absolute atomic E-state index is 0.308. The Kier molecular flexibility index (Phi) is 4.45. The fourth-order valence-electron chi connectivity index (χ4n) is 1.61. The van der Waals surface area contributed by atoms with E-state index >= 15 is 0 Å². The maximum absolute atomic E-state index is 10.9. The van der Waals surface area contributed by atoms with Crippen LogP contribution in [0.3, 0.4) is 0 Å². The van der Waals surface area contributed by atoms with Crippen LogP contribution in [0.1, 0.15) is 21.5 Å².